The summed E-state index contributed by atoms with van der Waals surface area (Å²) in [6.45, 7) is 1.73. The first kappa shape index (κ1) is 18.5. The summed E-state index contributed by atoms with van der Waals surface area (Å²) in [4.78, 5) is 0. The molecule has 2 aromatic rings. The van der Waals surface area contributed by atoms with Gasteiger partial charge in [0, 0.05) is 36.3 Å². The number of aromatic nitrogens is 2. The molecule has 0 radical (unpaired) electrons. The summed E-state index contributed by atoms with van der Waals surface area (Å²) in [6.07, 6.45) is -2.67. The molecule has 0 aliphatic carbocycles. The molecule has 0 unspecified atom stereocenters. The first-order chi connectivity index (χ1) is 12.6. The number of nitrogens with zero attached hydrogens (tertiary/aromatic N) is 3. The van der Waals surface area contributed by atoms with Crippen LogP contribution in [0.3, 0.4) is 0 Å². The van der Waals surface area contributed by atoms with Crippen molar-refractivity contribution in [3.8, 4) is 11.3 Å². The van der Waals surface area contributed by atoms with E-state index in [0.29, 0.717) is 37.4 Å². The number of hydrogen-bond donors (Lipinski definition) is 0. The number of epoxide rings is 1. The topological polar surface area (TPSA) is 67.7 Å². The Hall–Kier alpha value is -1.91. The lowest BCUT2D eigenvalue weighted by Gasteiger charge is -2.25. The van der Waals surface area contributed by atoms with Gasteiger partial charge in [-0.05, 0) is 12.1 Å². The molecule has 0 spiro atoms. The molecule has 1 fully saturated rings. The van der Waals surface area contributed by atoms with Crippen LogP contribution in [-0.4, -0.2) is 48.0 Å². The number of ether oxygens (including phenoxy) is 1. The standard InChI is InChI=1S/C17H18F3N3O3S/c1-27(24,25)22-7-6-15-14(9-22)16(21-23(15)8-13-10-26-13)11-2-4-12(5-3-11)17(18,19)20/h2-5,13H,6-10H2,1H3/t13-/m1/s1. The van der Waals surface area contributed by atoms with E-state index in [-0.39, 0.29) is 12.6 Å². The Morgan fingerprint density at radius 1 is 1.26 bits per heavy atom. The molecule has 0 N–H and O–H groups in total. The Kier molecular flexibility index (Phi) is 4.32. The minimum Gasteiger partial charge on any atom is -0.371 e. The van der Waals surface area contributed by atoms with Crippen molar-refractivity contribution in [3.63, 3.8) is 0 Å². The predicted octanol–water partition coefficient (Wildman–Crippen LogP) is 2.29. The van der Waals surface area contributed by atoms with E-state index < -0.39 is 21.8 Å². The number of alkyl halides is 3. The second-order valence-corrected chi connectivity index (χ2v) is 8.82. The highest BCUT2D eigenvalue weighted by atomic mass is 32.2. The van der Waals surface area contributed by atoms with Gasteiger partial charge in [0.1, 0.15) is 6.10 Å². The van der Waals surface area contributed by atoms with Crippen molar-refractivity contribution in [1.82, 2.24) is 14.1 Å². The average molecular weight is 401 g/mol. The number of fused-ring (bicyclic) bond motifs is 1. The van der Waals surface area contributed by atoms with E-state index in [9.17, 15) is 21.6 Å². The molecule has 2 aliphatic rings. The molecule has 27 heavy (non-hydrogen) atoms. The van der Waals surface area contributed by atoms with Gasteiger partial charge in [-0.2, -0.15) is 22.6 Å². The van der Waals surface area contributed by atoms with Crippen molar-refractivity contribution in [2.24, 2.45) is 0 Å². The summed E-state index contributed by atoms with van der Waals surface area (Å²) in [6, 6.07) is 4.79. The second kappa shape index (κ2) is 6.32. The quantitative estimate of drug-likeness (QED) is 0.738. The van der Waals surface area contributed by atoms with Crippen LogP contribution in [-0.2, 0) is 40.4 Å². The molecule has 0 amide bonds. The van der Waals surface area contributed by atoms with Gasteiger partial charge in [-0.25, -0.2) is 8.42 Å². The number of halogens is 3. The van der Waals surface area contributed by atoms with E-state index in [1.165, 1.54) is 16.4 Å². The molecule has 4 rings (SSSR count). The zero-order valence-corrected chi connectivity index (χ0v) is 15.3. The fraction of sp³-hybridized carbons (Fsp3) is 0.471. The summed E-state index contributed by atoms with van der Waals surface area (Å²) < 4.78 is 70.8. The van der Waals surface area contributed by atoms with Gasteiger partial charge in [-0.3, -0.25) is 4.68 Å². The highest BCUT2D eigenvalue weighted by Crippen LogP contribution is 2.34. The zero-order chi connectivity index (χ0) is 19.4. The van der Waals surface area contributed by atoms with Gasteiger partial charge in [0.25, 0.3) is 0 Å². The van der Waals surface area contributed by atoms with Crippen molar-refractivity contribution in [1.29, 1.82) is 0 Å². The Morgan fingerprint density at radius 2 is 1.93 bits per heavy atom. The van der Waals surface area contributed by atoms with E-state index in [0.717, 1.165) is 29.6 Å². The van der Waals surface area contributed by atoms with E-state index >= 15 is 0 Å². The van der Waals surface area contributed by atoms with Gasteiger partial charge >= 0.3 is 6.18 Å². The maximum absolute atomic E-state index is 12.8. The van der Waals surface area contributed by atoms with Gasteiger partial charge in [-0.1, -0.05) is 12.1 Å². The van der Waals surface area contributed by atoms with Crippen molar-refractivity contribution in [3.05, 3.63) is 41.1 Å². The van der Waals surface area contributed by atoms with Crippen LogP contribution in [0.4, 0.5) is 13.2 Å². The molecule has 2 aliphatic heterocycles. The van der Waals surface area contributed by atoms with Gasteiger partial charge in [0.15, 0.2) is 0 Å². The fourth-order valence-corrected chi connectivity index (χ4v) is 4.10. The monoisotopic (exact) mass is 401 g/mol. The molecule has 0 saturated carbocycles. The number of rotatable bonds is 4. The van der Waals surface area contributed by atoms with Crippen molar-refractivity contribution >= 4 is 10.0 Å². The first-order valence-electron chi connectivity index (χ1n) is 8.46. The summed E-state index contributed by atoms with van der Waals surface area (Å²) in [5.74, 6) is 0. The Labute approximate surface area is 154 Å². The van der Waals surface area contributed by atoms with Crippen molar-refractivity contribution in [2.75, 3.05) is 19.4 Å². The Balaban J connectivity index is 1.74. The minimum atomic E-state index is -4.41. The van der Waals surface area contributed by atoms with Crippen LogP contribution in [0.5, 0.6) is 0 Å². The molecule has 6 nitrogen and oxygen atoms in total. The highest BCUT2D eigenvalue weighted by molar-refractivity contribution is 7.88. The lowest BCUT2D eigenvalue weighted by atomic mass is 10.0. The van der Waals surface area contributed by atoms with Crippen LogP contribution in [0.2, 0.25) is 0 Å². The number of hydrogen-bond acceptors (Lipinski definition) is 4. The smallest absolute Gasteiger partial charge is 0.371 e. The zero-order valence-electron chi connectivity index (χ0n) is 14.5. The molecule has 3 heterocycles. The predicted molar refractivity (Wildman–Crippen MR) is 91.4 cm³/mol. The van der Waals surface area contributed by atoms with Crippen LogP contribution in [0.25, 0.3) is 11.3 Å². The van der Waals surface area contributed by atoms with Gasteiger partial charge in [0.05, 0.1) is 30.7 Å². The highest BCUT2D eigenvalue weighted by Gasteiger charge is 2.33. The SMILES string of the molecule is CS(=O)(=O)N1CCc2c(c(-c3ccc(C(F)(F)F)cc3)nn2C[C@@H]2CO2)C1. The largest absolute Gasteiger partial charge is 0.416 e. The maximum Gasteiger partial charge on any atom is 0.416 e. The maximum atomic E-state index is 12.8. The second-order valence-electron chi connectivity index (χ2n) is 6.83. The lowest BCUT2D eigenvalue weighted by Crippen LogP contribution is -2.35. The Bertz CT molecular complexity index is 964. The minimum absolute atomic E-state index is 0.0855. The first-order valence-corrected chi connectivity index (χ1v) is 10.3. The van der Waals surface area contributed by atoms with Crippen LogP contribution in [0, 0.1) is 0 Å². The molecule has 1 aromatic heterocycles. The number of benzene rings is 1. The molecule has 146 valence electrons. The van der Waals surface area contributed by atoms with Crippen molar-refractivity contribution in [2.45, 2.75) is 31.8 Å². The molecule has 1 saturated heterocycles. The average Bonchev–Trinajstić information content (AvgIpc) is 3.33. The van der Waals surface area contributed by atoms with Crippen LogP contribution >= 0.6 is 0 Å². The van der Waals surface area contributed by atoms with Crippen LogP contribution in [0.1, 0.15) is 16.8 Å². The molecule has 1 aromatic carbocycles. The van der Waals surface area contributed by atoms with E-state index in [2.05, 4.69) is 5.10 Å². The summed E-state index contributed by atoms with van der Waals surface area (Å²) in [7, 11) is -3.37. The fourth-order valence-electron chi connectivity index (χ4n) is 3.32. The third-order valence-corrected chi connectivity index (χ3v) is 6.08. The molecule has 0 bridgehead atoms. The third kappa shape index (κ3) is 3.74. The Morgan fingerprint density at radius 3 is 2.48 bits per heavy atom. The molecule has 1 atom stereocenters. The molecular weight excluding hydrogens is 383 g/mol. The molecular formula is C17H18F3N3O3S. The molecule has 10 heteroatoms. The van der Waals surface area contributed by atoms with Gasteiger partial charge in [-0.15, -0.1) is 0 Å². The van der Waals surface area contributed by atoms with E-state index in [1.54, 1.807) is 4.68 Å². The summed E-state index contributed by atoms with van der Waals surface area (Å²) >= 11 is 0. The van der Waals surface area contributed by atoms with Crippen molar-refractivity contribution < 1.29 is 26.3 Å². The van der Waals surface area contributed by atoms with E-state index in [4.69, 9.17) is 4.74 Å². The summed E-state index contributed by atoms with van der Waals surface area (Å²) in [5, 5.41) is 4.58. The van der Waals surface area contributed by atoms with Gasteiger partial charge < -0.3 is 4.74 Å². The van der Waals surface area contributed by atoms with Crippen LogP contribution < -0.4 is 0 Å². The lowest BCUT2D eigenvalue weighted by molar-refractivity contribution is -0.137. The van der Waals surface area contributed by atoms with Gasteiger partial charge in [0.2, 0.25) is 10.0 Å². The van der Waals surface area contributed by atoms with E-state index in [1.807, 2.05) is 0 Å². The normalized spacial score (nSPS) is 20.5. The third-order valence-electron chi connectivity index (χ3n) is 4.83. The van der Waals surface area contributed by atoms with Crippen LogP contribution in [0.15, 0.2) is 24.3 Å². The number of sulfonamides is 1. The summed E-state index contributed by atoms with van der Waals surface area (Å²) in [5.41, 5.74) is 1.98.